The highest BCUT2D eigenvalue weighted by Crippen LogP contribution is 2.39. The van der Waals surface area contributed by atoms with Crippen LogP contribution >= 0.6 is 11.6 Å². The number of rotatable bonds is 2. The van der Waals surface area contributed by atoms with E-state index in [9.17, 15) is 0 Å². The molecule has 0 spiro atoms. The number of oxime groups is 1. The molecule has 0 saturated carbocycles. The Morgan fingerprint density at radius 1 is 1.37 bits per heavy atom. The van der Waals surface area contributed by atoms with Crippen LogP contribution in [0.1, 0.15) is 32.3 Å². The fourth-order valence-corrected chi connectivity index (χ4v) is 2.68. The second kappa shape index (κ2) is 5.22. The summed E-state index contributed by atoms with van der Waals surface area (Å²) in [4.78, 5) is 0. The molecular formula is C16H18ClNO. The molecule has 0 amide bonds. The normalized spacial score (nSPS) is 20.2. The van der Waals surface area contributed by atoms with Crippen molar-refractivity contribution in [3.63, 3.8) is 0 Å². The average molecular weight is 276 g/mol. The molecule has 2 nitrogen and oxygen atoms in total. The molecule has 1 aromatic rings. The third-order valence-electron chi connectivity index (χ3n) is 3.36. The van der Waals surface area contributed by atoms with E-state index >= 15 is 0 Å². The lowest BCUT2D eigenvalue weighted by Crippen LogP contribution is -2.22. The van der Waals surface area contributed by atoms with Crippen molar-refractivity contribution in [2.24, 2.45) is 10.6 Å². The Kier molecular flexibility index (Phi) is 3.81. The molecule has 0 bridgehead atoms. The molecule has 19 heavy (non-hydrogen) atoms. The lowest BCUT2D eigenvalue weighted by Gasteiger charge is -2.31. The van der Waals surface area contributed by atoms with Gasteiger partial charge >= 0.3 is 0 Å². The van der Waals surface area contributed by atoms with Gasteiger partial charge in [0.2, 0.25) is 0 Å². The Morgan fingerprint density at radius 2 is 2.11 bits per heavy atom. The van der Waals surface area contributed by atoms with Crippen molar-refractivity contribution < 1.29 is 5.21 Å². The zero-order chi connectivity index (χ0) is 14.0. The van der Waals surface area contributed by atoms with Gasteiger partial charge < -0.3 is 5.21 Å². The number of benzene rings is 1. The smallest absolute Gasteiger partial charge is 0.0804 e. The van der Waals surface area contributed by atoms with Crippen molar-refractivity contribution in [3.8, 4) is 0 Å². The number of halogens is 1. The fraction of sp³-hybridized carbons (Fsp3) is 0.312. The summed E-state index contributed by atoms with van der Waals surface area (Å²) in [6.07, 6.45) is 3.61. The van der Waals surface area contributed by atoms with Crippen LogP contribution in [0.5, 0.6) is 0 Å². The van der Waals surface area contributed by atoms with Crippen LogP contribution in [0.4, 0.5) is 0 Å². The van der Waals surface area contributed by atoms with Gasteiger partial charge in [-0.3, -0.25) is 0 Å². The highest BCUT2D eigenvalue weighted by molar-refractivity contribution is 6.30. The van der Waals surface area contributed by atoms with Gasteiger partial charge in [0.05, 0.1) is 5.71 Å². The number of hydrogen-bond acceptors (Lipinski definition) is 2. The zero-order valence-corrected chi connectivity index (χ0v) is 12.0. The predicted octanol–water partition coefficient (Wildman–Crippen LogP) is 4.93. The predicted molar refractivity (Wildman–Crippen MR) is 80.8 cm³/mol. The molecule has 0 radical (unpaired) electrons. The molecule has 0 fully saturated rings. The fourth-order valence-electron chi connectivity index (χ4n) is 2.49. The van der Waals surface area contributed by atoms with Gasteiger partial charge in [0.25, 0.3) is 0 Å². The second-order valence-electron chi connectivity index (χ2n) is 5.77. The molecule has 2 rings (SSSR count). The Hall–Kier alpha value is -1.54. The summed E-state index contributed by atoms with van der Waals surface area (Å²) >= 11 is 6.02. The third kappa shape index (κ3) is 3.27. The minimum Gasteiger partial charge on any atom is -0.411 e. The molecular weight excluding hydrogens is 258 g/mol. The maximum absolute atomic E-state index is 9.03. The van der Waals surface area contributed by atoms with Gasteiger partial charge in [0, 0.05) is 5.02 Å². The van der Waals surface area contributed by atoms with Crippen LogP contribution in [0, 0.1) is 5.41 Å². The van der Waals surface area contributed by atoms with Crippen molar-refractivity contribution in [2.45, 2.75) is 26.7 Å². The lowest BCUT2D eigenvalue weighted by atomic mass is 9.74. The molecule has 1 aliphatic rings. The van der Waals surface area contributed by atoms with Crippen molar-refractivity contribution in [1.29, 1.82) is 0 Å². The van der Waals surface area contributed by atoms with Crippen molar-refractivity contribution in [1.82, 2.24) is 0 Å². The quantitative estimate of drug-likeness (QED) is 0.602. The van der Waals surface area contributed by atoms with Crippen LogP contribution in [0.15, 0.2) is 47.6 Å². The van der Waals surface area contributed by atoms with E-state index in [1.54, 1.807) is 0 Å². The summed E-state index contributed by atoms with van der Waals surface area (Å²) in [5.74, 6) is 0. The maximum Gasteiger partial charge on any atom is 0.0804 e. The van der Waals surface area contributed by atoms with E-state index in [1.165, 1.54) is 0 Å². The summed E-state index contributed by atoms with van der Waals surface area (Å²) in [5.41, 5.74) is 3.83. The van der Waals surface area contributed by atoms with E-state index in [0.29, 0.717) is 10.7 Å². The van der Waals surface area contributed by atoms with Crippen LogP contribution in [0.2, 0.25) is 5.02 Å². The zero-order valence-electron chi connectivity index (χ0n) is 11.3. The Bertz CT molecular complexity index is 570. The highest BCUT2D eigenvalue weighted by atomic mass is 35.5. The lowest BCUT2D eigenvalue weighted by molar-refractivity contribution is 0.308. The maximum atomic E-state index is 9.03. The average Bonchev–Trinajstić information content (AvgIpc) is 2.36. The Morgan fingerprint density at radius 3 is 2.74 bits per heavy atom. The van der Waals surface area contributed by atoms with Crippen molar-refractivity contribution in [3.05, 3.63) is 53.1 Å². The van der Waals surface area contributed by atoms with Crippen molar-refractivity contribution in [2.75, 3.05) is 0 Å². The minimum atomic E-state index is 0.0765. The van der Waals surface area contributed by atoms with Gasteiger partial charge in [-0.25, -0.2) is 0 Å². The van der Waals surface area contributed by atoms with E-state index in [-0.39, 0.29) is 5.41 Å². The molecule has 100 valence electrons. The first-order valence-electron chi connectivity index (χ1n) is 6.28. The Labute approximate surface area is 119 Å². The van der Waals surface area contributed by atoms with E-state index in [4.69, 9.17) is 16.8 Å². The van der Waals surface area contributed by atoms with Crippen LogP contribution in [-0.2, 0) is 0 Å². The number of nitrogens with zero attached hydrogens (tertiary/aromatic N) is 1. The van der Waals surface area contributed by atoms with E-state index in [0.717, 1.165) is 29.6 Å². The molecule has 3 heteroatoms. The minimum absolute atomic E-state index is 0.0765. The number of hydrogen-bond donors (Lipinski definition) is 1. The van der Waals surface area contributed by atoms with E-state index in [2.05, 4.69) is 25.6 Å². The molecule has 0 atom stereocenters. The Balaban J connectivity index is 2.35. The summed E-state index contributed by atoms with van der Waals surface area (Å²) in [5, 5.41) is 13.1. The molecule has 0 unspecified atom stereocenters. The first kappa shape index (κ1) is 13.9. The SMILES string of the molecule is C=C(C1=C/C(=N/O)CC(C)(C)C1)c1cccc(Cl)c1. The van der Waals surface area contributed by atoms with E-state index in [1.807, 2.05) is 30.3 Å². The van der Waals surface area contributed by atoms with Crippen molar-refractivity contribution >= 4 is 22.9 Å². The summed E-state index contributed by atoms with van der Waals surface area (Å²) in [7, 11) is 0. The van der Waals surface area contributed by atoms with Crippen LogP contribution in [0.3, 0.4) is 0 Å². The largest absolute Gasteiger partial charge is 0.411 e. The molecule has 1 aromatic carbocycles. The first-order valence-corrected chi connectivity index (χ1v) is 6.66. The highest BCUT2D eigenvalue weighted by Gasteiger charge is 2.27. The summed E-state index contributed by atoms with van der Waals surface area (Å²) in [6, 6.07) is 7.66. The van der Waals surface area contributed by atoms with E-state index < -0.39 is 0 Å². The van der Waals surface area contributed by atoms with Gasteiger partial charge in [-0.15, -0.1) is 0 Å². The van der Waals surface area contributed by atoms with Gasteiger partial charge in [-0.1, -0.05) is 49.3 Å². The topological polar surface area (TPSA) is 32.6 Å². The third-order valence-corrected chi connectivity index (χ3v) is 3.59. The summed E-state index contributed by atoms with van der Waals surface area (Å²) < 4.78 is 0. The molecule has 1 aliphatic carbocycles. The first-order chi connectivity index (χ1) is 8.91. The summed E-state index contributed by atoms with van der Waals surface area (Å²) in [6.45, 7) is 8.49. The van der Waals surface area contributed by atoms with Crippen LogP contribution in [-0.4, -0.2) is 10.9 Å². The molecule has 0 aromatic heterocycles. The van der Waals surface area contributed by atoms with Gasteiger partial charge in [0.15, 0.2) is 0 Å². The monoisotopic (exact) mass is 275 g/mol. The van der Waals surface area contributed by atoms with Gasteiger partial charge in [-0.2, -0.15) is 0 Å². The second-order valence-corrected chi connectivity index (χ2v) is 6.20. The van der Waals surface area contributed by atoms with Crippen LogP contribution in [0.25, 0.3) is 5.57 Å². The molecule has 1 N–H and O–H groups in total. The molecule has 0 saturated heterocycles. The van der Waals surface area contributed by atoms with Crippen LogP contribution < -0.4 is 0 Å². The van der Waals surface area contributed by atoms with Gasteiger partial charge in [0.1, 0.15) is 0 Å². The van der Waals surface area contributed by atoms with Gasteiger partial charge in [-0.05, 0) is 53.2 Å². The standard InChI is InChI=1S/C16H18ClNO/c1-11(12-5-4-6-14(17)7-12)13-8-15(18-19)10-16(2,3)9-13/h4-8,19H,1,9-10H2,2-3H3/b18-15-. The number of allylic oxidation sites excluding steroid dienone is 3. The molecule has 0 aliphatic heterocycles. The molecule has 0 heterocycles.